The Bertz CT molecular complexity index is 1150. The fraction of sp³-hybridized carbons (Fsp3) is 0.478. The molecule has 0 spiro atoms. The van der Waals surface area contributed by atoms with Gasteiger partial charge in [-0.3, -0.25) is 9.59 Å². The number of hydrogen-bond donors (Lipinski definition) is 1. The number of hydrogen-bond acceptors (Lipinski definition) is 4. The van der Waals surface area contributed by atoms with E-state index in [9.17, 15) is 9.59 Å². The van der Waals surface area contributed by atoms with Crippen molar-refractivity contribution in [3.05, 3.63) is 52.1 Å². The zero-order chi connectivity index (χ0) is 20.7. The van der Waals surface area contributed by atoms with E-state index in [4.69, 9.17) is 0 Å². The molecule has 0 radical (unpaired) electrons. The minimum atomic E-state index is -0.269. The smallest absolute Gasteiger partial charge is 0.293 e. The summed E-state index contributed by atoms with van der Waals surface area (Å²) in [5.74, 6) is 0.204. The second kappa shape index (κ2) is 7.70. The summed E-state index contributed by atoms with van der Waals surface area (Å²) in [5.41, 5.74) is 3.03. The first-order chi connectivity index (χ1) is 14.6. The van der Waals surface area contributed by atoms with E-state index in [-0.39, 0.29) is 24.1 Å². The van der Waals surface area contributed by atoms with E-state index >= 15 is 0 Å². The van der Waals surface area contributed by atoms with Crippen LogP contribution >= 0.6 is 0 Å². The van der Waals surface area contributed by atoms with Crippen molar-refractivity contribution in [3.63, 3.8) is 0 Å². The maximum absolute atomic E-state index is 13.4. The Kier molecular flexibility index (Phi) is 4.89. The quantitative estimate of drug-likeness (QED) is 0.707. The van der Waals surface area contributed by atoms with Gasteiger partial charge in [-0.2, -0.15) is 10.2 Å². The third kappa shape index (κ3) is 3.53. The molecule has 7 nitrogen and oxygen atoms in total. The van der Waals surface area contributed by atoms with E-state index in [1.807, 2.05) is 31.2 Å². The molecule has 0 atom stereocenters. The molecule has 1 N–H and O–H groups in total. The summed E-state index contributed by atoms with van der Waals surface area (Å²) in [5, 5.41) is 13.0. The molecule has 2 aliphatic carbocycles. The summed E-state index contributed by atoms with van der Waals surface area (Å²) in [6, 6.07) is 8.08. The number of nitrogens with one attached hydrogen (secondary N) is 1. The van der Waals surface area contributed by atoms with Crippen LogP contribution in [0.1, 0.15) is 62.1 Å². The maximum atomic E-state index is 13.4. The SMILES string of the molecule is Cc1ccccc1-n1ncc2c(C3CC3)nn(CC(=O)NC3CCCCC3)c(=O)c21. The summed E-state index contributed by atoms with van der Waals surface area (Å²) in [7, 11) is 0. The number of para-hydroxylation sites is 1. The van der Waals surface area contributed by atoms with Crippen LogP contribution in [0.5, 0.6) is 0 Å². The van der Waals surface area contributed by atoms with Crippen molar-refractivity contribution in [1.29, 1.82) is 0 Å². The van der Waals surface area contributed by atoms with Crippen molar-refractivity contribution in [1.82, 2.24) is 24.9 Å². The first kappa shape index (κ1) is 19.0. The minimum Gasteiger partial charge on any atom is -0.352 e. The summed E-state index contributed by atoms with van der Waals surface area (Å²) in [6.45, 7) is 1.95. The lowest BCUT2D eigenvalue weighted by molar-refractivity contribution is -0.122. The zero-order valence-electron chi connectivity index (χ0n) is 17.3. The molecule has 2 aliphatic rings. The molecule has 2 fully saturated rings. The fourth-order valence-corrected chi connectivity index (χ4v) is 4.50. The molecule has 0 aliphatic heterocycles. The van der Waals surface area contributed by atoms with E-state index in [1.54, 1.807) is 10.9 Å². The lowest BCUT2D eigenvalue weighted by atomic mass is 9.95. The Morgan fingerprint density at radius 2 is 1.90 bits per heavy atom. The third-order valence-corrected chi connectivity index (χ3v) is 6.28. The van der Waals surface area contributed by atoms with Crippen molar-refractivity contribution in [2.24, 2.45) is 0 Å². The van der Waals surface area contributed by atoms with E-state index < -0.39 is 0 Å². The normalized spacial score (nSPS) is 17.4. The van der Waals surface area contributed by atoms with Gasteiger partial charge in [-0.15, -0.1) is 0 Å². The number of carbonyl (C=O) groups excluding carboxylic acids is 1. The van der Waals surface area contributed by atoms with Gasteiger partial charge in [-0.05, 0) is 44.2 Å². The summed E-state index contributed by atoms with van der Waals surface area (Å²) < 4.78 is 3.04. The lowest BCUT2D eigenvalue weighted by Crippen LogP contribution is -2.40. The highest BCUT2D eigenvalue weighted by Crippen LogP contribution is 2.41. The van der Waals surface area contributed by atoms with Gasteiger partial charge in [-0.25, -0.2) is 9.36 Å². The Morgan fingerprint density at radius 1 is 1.13 bits per heavy atom. The van der Waals surface area contributed by atoms with Gasteiger partial charge < -0.3 is 5.32 Å². The highest BCUT2D eigenvalue weighted by Gasteiger charge is 2.30. The molecule has 2 aromatic heterocycles. The van der Waals surface area contributed by atoms with Gasteiger partial charge in [0.2, 0.25) is 5.91 Å². The molecule has 7 heteroatoms. The van der Waals surface area contributed by atoms with Crippen LogP contribution in [-0.4, -0.2) is 31.5 Å². The molecule has 2 saturated carbocycles. The molecular weight excluding hydrogens is 378 g/mol. The number of carbonyl (C=O) groups is 1. The second-order valence-electron chi connectivity index (χ2n) is 8.63. The van der Waals surface area contributed by atoms with Crippen molar-refractivity contribution in [2.75, 3.05) is 0 Å². The average Bonchev–Trinajstić information content (AvgIpc) is 3.49. The Morgan fingerprint density at radius 3 is 2.63 bits per heavy atom. The summed E-state index contributed by atoms with van der Waals surface area (Å²) in [4.78, 5) is 26.1. The maximum Gasteiger partial charge on any atom is 0.293 e. The van der Waals surface area contributed by atoms with Crippen LogP contribution in [0, 0.1) is 6.92 Å². The van der Waals surface area contributed by atoms with E-state index in [2.05, 4.69) is 15.5 Å². The van der Waals surface area contributed by atoms with Crippen LogP contribution < -0.4 is 10.9 Å². The van der Waals surface area contributed by atoms with Gasteiger partial charge in [0, 0.05) is 17.3 Å². The number of fused-ring (bicyclic) bond motifs is 1. The molecular formula is C23H27N5O2. The lowest BCUT2D eigenvalue weighted by Gasteiger charge is -2.22. The van der Waals surface area contributed by atoms with Crippen LogP contribution in [0.15, 0.2) is 35.3 Å². The van der Waals surface area contributed by atoms with Gasteiger partial charge in [0.25, 0.3) is 5.56 Å². The first-order valence-electron chi connectivity index (χ1n) is 11.0. The van der Waals surface area contributed by atoms with Crippen molar-refractivity contribution < 1.29 is 4.79 Å². The van der Waals surface area contributed by atoms with Crippen molar-refractivity contribution in [3.8, 4) is 5.69 Å². The summed E-state index contributed by atoms with van der Waals surface area (Å²) >= 11 is 0. The predicted octanol–water partition coefficient (Wildman–Crippen LogP) is 3.22. The average molecular weight is 406 g/mol. The van der Waals surface area contributed by atoms with Crippen LogP contribution in [0.2, 0.25) is 0 Å². The summed E-state index contributed by atoms with van der Waals surface area (Å²) in [6.07, 6.45) is 9.43. The first-order valence-corrected chi connectivity index (χ1v) is 11.0. The molecule has 30 heavy (non-hydrogen) atoms. The van der Waals surface area contributed by atoms with Gasteiger partial charge in [0.05, 0.1) is 17.6 Å². The number of amides is 1. The van der Waals surface area contributed by atoms with Crippen molar-refractivity contribution >= 4 is 16.8 Å². The fourth-order valence-electron chi connectivity index (χ4n) is 4.50. The van der Waals surface area contributed by atoms with Crippen LogP contribution in [0.4, 0.5) is 0 Å². The Labute approximate surface area is 175 Å². The van der Waals surface area contributed by atoms with Crippen LogP contribution in [0.25, 0.3) is 16.6 Å². The molecule has 2 heterocycles. The molecule has 3 aromatic rings. The minimum absolute atomic E-state index is 0.0516. The standard InChI is InChI=1S/C23H27N5O2/c1-15-7-5-6-10-19(15)28-22-18(13-24-28)21(16-11-12-16)26-27(23(22)30)14-20(29)25-17-8-3-2-4-9-17/h5-7,10,13,16-17H,2-4,8-9,11-12,14H2,1H3,(H,25,29). The number of rotatable bonds is 5. The molecule has 156 valence electrons. The van der Waals surface area contributed by atoms with Gasteiger partial charge in [0.1, 0.15) is 12.1 Å². The Hall–Kier alpha value is -2.96. The molecule has 0 bridgehead atoms. The van der Waals surface area contributed by atoms with Gasteiger partial charge in [0.15, 0.2) is 0 Å². The Balaban J connectivity index is 1.54. The highest BCUT2D eigenvalue weighted by molar-refractivity contribution is 5.83. The molecule has 0 saturated heterocycles. The zero-order valence-corrected chi connectivity index (χ0v) is 17.3. The van der Waals surface area contributed by atoms with Gasteiger partial charge in [-0.1, -0.05) is 37.5 Å². The van der Waals surface area contributed by atoms with Crippen LogP contribution in [-0.2, 0) is 11.3 Å². The number of benzene rings is 1. The monoisotopic (exact) mass is 405 g/mol. The highest BCUT2D eigenvalue weighted by atomic mass is 16.2. The predicted molar refractivity (Wildman–Crippen MR) is 115 cm³/mol. The molecule has 0 unspecified atom stereocenters. The third-order valence-electron chi connectivity index (χ3n) is 6.28. The topological polar surface area (TPSA) is 81.8 Å². The van der Waals surface area contributed by atoms with E-state index in [0.29, 0.717) is 11.4 Å². The molecule has 1 aromatic carbocycles. The van der Waals surface area contributed by atoms with Gasteiger partial charge >= 0.3 is 0 Å². The molecule has 5 rings (SSSR count). The van der Waals surface area contributed by atoms with Crippen molar-refractivity contribution in [2.45, 2.75) is 70.4 Å². The molecule has 1 amide bonds. The van der Waals surface area contributed by atoms with E-state index in [1.165, 1.54) is 11.1 Å². The van der Waals surface area contributed by atoms with E-state index in [0.717, 1.165) is 60.9 Å². The number of aromatic nitrogens is 4. The number of aryl methyl sites for hydroxylation is 1. The number of nitrogens with zero attached hydrogens (tertiary/aromatic N) is 4. The largest absolute Gasteiger partial charge is 0.352 e. The van der Waals surface area contributed by atoms with Crippen LogP contribution in [0.3, 0.4) is 0 Å². The second-order valence-corrected chi connectivity index (χ2v) is 8.63.